The van der Waals surface area contributed by atoms with E-state index in [2.05, 4.69) is 126 Å². The molecule has 2 unspecified atom stereocenters. The van der Waals surface area contributed by atoms with E-state index in [9.17, 15) is 0 Å². The maximum atomic E-state index is 4.51. The first-order valence-corrected chi connectivity index (χ1v) is 14.9. The van der Waals surface area contributed by atoms with E-state index in [-0.39, 0.29) is 18.1 Å². The summed E-state index contributed by atoms with van der Waals surface area (Å²) in [6.07, 6.45) is 14.0. The molecule has 0 bridgehead atoms. The summed E-state index contributed by atoms with van der Waals surface area (Å²) in [4.78, 5) is 0. The summed E-state index contributed by atoms with van der Waals surface area (Å²) < 4.78 is 0. The van der Waals surface area contributed by atoms with Crippen LogP contribution in [0.1, 0.15) is 84.3 Å². The maximum absolute atomic E-state index is 4.51. The molecule has 0 heterocycles. The van der Waals surface area contributed by atoms with Crippen LogP contribution in [-0.2, 0) is 6.42 Å². The highest BCUT2D eigenvalue weighted by atomic mass is 15.1. The Hall–Kier alpha value is -2.94. The Labute approximate surface area is 240 Å². The lowest BCUT2D eigenvalue weighted by Crippen LogP contribution is -2.45. The summed E-state index contributed by atoms with van der Waals surface area (Å²) in [6, 6.07) is 9.06. The first-order valence-electron chi connectivity index (χ1n) is 14.9. The SMILES string of the molecule is C=C(CCC1=CCCC=C1)NC(CC(C)C)C(=C)N[C@@H](CC(C)C)C(=C)NC(Cc1ccc(C)cc1)C(=C)C. The van der Waals surface area contributed by atoms with Crippen LogP contribution in [0, 0.1) is 18.8 Å². The van der Waals surface area contributed by atoms with Crippen molar-refractivity contribution < 1.29 is 0 Å². The molecule has 0 radical (unpaired) electrons. The van der Waals surface area contributed by atoms with E-state index < -0.39 is 0 Å². The first-order chi connectivity index (χ1) is 18.4. The van der Waals surface area contributed by atoms with Gasteiger partial charge in [-0.1, -0.05) is 113 Å². The number of nitrogens with one attached hydrogen (secondary N) is 3. The predicted octanol–water partition coefficient (Wildman–Crippen LogP) is 8.68. The van der Waals surface area contributed by atoms with Crippen molar-refractivity contribution in [2.24, 2.45) is 11.8 Å². The molecule has 0 fully saturated rings. The monoisotopic (exact) mass is 529 g/mol. The molecule has 0 spiro atoms. The largest absolute Gasteiger partial charge is 0.381 e. The number of allylic oxidation sites excluding steroid dienone is 5. The lowest BCUT2D eigenvalue weighted by atomic mass is 9.95. The van der Waals surface area contributed by atoms with E-state index >= 15 is 0 Å². The average Bonchev–Trinajstić information content (AvgIpc) is 2.87. The topological polar surface area (TPSA) is 36.1 Å². The van der Waals surface area contributed by atoms with Crippen molar-refractivity contribution in [1.82, 2.24) is 16.0 Å². The molecule has 0 saturated heterocycles. The summed E-state index contributed by atoms with van der Waals surface area (Å²) in [6.45, 7) is 30.9. The minimum atomic E-state index is 0.0691. The summed E-state index contributed by atoms with van der Waals surface area (Å²) in [5.74, 6) is 1.04. The van der Waals surface area contributed by atoms with Crippen LogP contribution in [0.3, 0.4) is 0 Å². The molecule has 1 aromatic rings. The van der Waals surface area contributed by atoms with Crippen molar-refractivity contribution in [3.63, 3.8) is 0 Å². The Morgan fingerprint density at radius 3 is 1.87 bits per heavy atom. The van der Waals surface area contributed by atoms with Crippen LogP contribution >= 0.6 is 0 Å². The number of rotatable bonds is 18. The molecule has 3 N–H and O–H groups in total. The zero-order valence-corrected chi connectivity index (χ0v) is 25.7. The minimum Gasteiger partial charge on any atom is -0.381 e. The van der Waals surface area contributed by atoms with E-state index in [1.165, 1.54) is 16.7 Å². The van der Waals surface area contributed by atoms with Gasteiger partial charge in [-0.3, -0.25) is 0 Å². The van der Waals surface area contributed by atoms with Gasteiger partial charge in [0.25, 0.3) is 0 Å². The van der Waals surface area contributed by atoms with E-state index in [4.69, 9.17) is 0 Å². The van der Waals surface area contributed by atoms with Crippen LogP contribution in [0.15, 0.2) is 97.0 Å². The van der Waals surface area contributed by atoms with Crippen molar-refractivity contribution in [3.8, 4) is 0 Å². The zero-order chi connectivity index (χ0) is 28.9. The maximum Gasteiger partial charge on any atom is 0.0654 e. The van der Waals surface area contributed by atoms with Gasteiger partial charge in [0.05, 0.1) is 18.1 Å². The molecular weight excluding hydrogens is 474 g/mol. The van der Waals surface area contributed by atoms with Crippen LogP contribution < -0.4 is 16.0 Å². The third-order valence-corrected chi connectivity index (χ3v) is 7.30. The standard InChI is InChI=1S/C36H55N3/c1-25(2)22-35(37-29(8)18-21-32-14-12-11-13-15-32)30(9)39-36(23-26(3)4)31(10)38-34(27(5)6)24-33-19-16-28(7)17-20-33/h12,14-17,19-20,25-26,34-39H,5,8-11,13,18,21-24H2,1-4,6-7H3/t34?,35?,36-/m0/s1. The number of hydrogen-bond donors (Lipinski definition) is 3. The molecule has 0 saturated carbocycles. The first kappa shape index (κ1) is 32.3. The van der Waals surface area contributed by atoms with Gasteiger partial charge in [0.2, 0.25) is 0 Å². The number of hydrogen-bond acceptors (Lipinski definition) is 3. The van der Waals surface area contributed by atoms with Gasteiger partial charge in [-0.05, 0) is 76.2 Å². The third kappa shape index (κ3) is 12.2. The van der Waals surface area contributed by atoms with Crippen molar-refractivity contribution in [2.75, 3.05) is 0 Å². The van der Waals surface area contributed by atoms with Gasteiger partial charge in [-0.2, -0.15) is 0 Å². The van der Waals surface area contributed by atoms with Crippen molar-refractivity contribution >= 4 is 0 Å². The van der Waals surface area contributed by atoms with Gasteiger partial charge in [0.1, 0.15) is 0 Å². The molecule has 3 atom stereocenters. The van der Waals surface area contributed by atoms with Gasteiger partial charge in [-0.15, -0.1) is 0 Å². The molecule has 0 aliphatic heterocycles. The summed E-state index contributed by atoms with van der Waals surface area (Å²) in [7, 11) is 0. The van der Waals surface area contributed by atoms with Crippen molar-refractivity contribution in [3.05, 3.63) is 108 Å². The molecule has 2 rings (SSSR count). The quantitative estimate of drug-likeness (QED) is 0.166. The highest BCUT2D eigenvalue weighted by Gasteiger charge is 2.23. The molecule has 1 aromatic carbocycles. The van der Waals surface area contributed by atoms with E-state index in [1.54, 1.807) is 0 Å². The highest BCUT2D eigenvalue weighted by Crippen LogP contribution is 2.21. The normalized spacial score (nSPS) is 15.3. The van der Waals surface area contributed by atoms with Crippen LogP contribution in [0.5, 0.6) is 0 Å². The van der Waals surface area contributed by atoms with Crippen LogP contribution in [-0.4, -0.2) is 18.1 Å². The summed E-state index contributed by atoms with van der Waals surface area (Å²) in [5, 5.41) is 11.2. The molecule has 0 aromatic heterocycles. The van der Waals surface area contributed by atoms with Crippen molar-refractivity contribution in [2.45, 2.75) is 105 Å². The second-order valence-corrected chi connectivity index (χ2v) is 12.3. The second-order valence-electron chi connectivity index (χ2n) is 12.3. The van der Waals surface area contributed by atoms with Gasteiger partial charge < -0.3 is 16.0 Å². The minimum absolute atomic E-state index is 0.0691. The lowest BCUT2D eigenvalue weighted by Gasteiger charge is -2.33. The number of aryl methyl sites for hydroxylation is 1. The zero-order valence-electron chi connectivity index (χ0n) is 25.7. The average molecular weight is 530 g/mol. The van der Waals surface area contributed by atoms with Crippen LogP contribution in [0.4, 0.5) is 0 Å². The lowest BCUT2D eigenvalue weighted by molar-refractivity contribution is 0.416. The Morgan fingerprint density at radius 1 is 0.795 bits per heavy atom. The summed E-state index contributed by atoms with van der Waals surface area (Å²) >= 11 is 0. The molecule has 3 heteroatoms. The third-order valence-electron chi connectivity index (χ3n) is 7.30. The smallest absolute Gasteiger partial charge is 0.0654 e. The molecule has 3 nitrogen and oxygen atoms in total. The Morgan fingerprint density at radius 2 is 1.36 bits per heavy atom. The Kier molecular flexibility index (Phi) is 13.4. The Balaban J connectivity index is 2.07. The summed E-state index contributed by atoms with van der Waals surface area (Å²) in [5.41, 5.74) is 8.16. The fraction of sp³-hybridized carbons (Fsp3) is 0.500. The molecule has 214 valence electrons. The van der Waals surface area contributed by atoms with Gasteiger partial charge in [0.15, 0.2) is 0 Å². The van der Waals surface area contributed by atoms with Gasteiger partial charge >= 0.3 is 0 Å². The second kappa shape index (κ2) is 16.2. The fourth-order valence-corrected chi connectivity index (χ4v) is 4.94. The van der Waals surface area contributed by atoms with Crippen LogP contribution in [0.2, 0.25) is 0 Å². The van der Waals surface area contributed by atoms with Crippen molar-refractivity contribution in [1.29, 1.82) is 0 Å². The van der Waals surface area contributed by atoms with Crippen LogP contribution in [0.25, 0.3) is 0 Å². The molecular formula is C36H55N3. The molecule has 39 heavy (non-hydrogen) atoms. The molecule has 0 amide bonds. The molecule has 1 aliphatic carbocycles. The fourth-order valence-electron chi connectivity index (χ4n) is 4.94. The number of benzene rings is 1. The van der Waals surface area contributed by atoms with E-state index in [1.807, 2.05) is 0 Å². The Bertz CT molecular complexity index is 1020. The van der Waals surface area contributed by atoms with E-state index in [0.717, 1.165) is 67.6 Å². The molecule has 1 aliphatic rings. The predicted molar refractivity (Wildman–Crippen MR) is 172 cm³/mol. The van der Waals surface area contributed by atoms with E-state index in [0.29, 0.717) is 11.8 Å². The van der Waals surface area contributed by atoms with Gasteiger partial charge in [-0.25, -0.2) is 0 Å². The van der Waals surface area contributed by atoms with Gasteiger partial charge in [0, 0.05) is 17.1 Å². The highest BCUT2D eigenvalue weighted by molar-refractivity contribution is 5.26.